The van der Waals surface area contributed by atoms with Crippen LogP contribution >= 0.6 is 11.3 Å². The maximum absolute atomic E-state index is 12.8. The smallest absolute Gasteiger partial charge is 0.254 e. The number of thiazole rings is 1. The third kappa shape index (κ3) is 3.31. The van der Waals surface area contributed by atoms with Crippen LogP contribution in [0.15, 0.2) is 29.6 Å². The summed E-state index contributed by atoms with van der Waals surface area (Å²) in [5.41, 5.74) is 8.72. The quantitative estimate of drug-likeness (QED) is 0.940. The molecule has 1 aliphatic rings. The zero-order valence-corrected chi connectivity index (χ0v) is 14.5. The molecule has 2 heterocycles. The van der Waals surface area contributed by atoms with Crippen molar-refractivity contribution in [3.8, 4) is 10.6 Å². The molecular weight excluding hydrogens is 306 g/mol. The van der Waals surface area contributed by atoms with E-state index in [0.29, 0.717) is 12.5 Å². The van der Waals surface area contributed by atoms with Gasteiger partial charge < -0.3 is 10.6 Å². The van der Waals surface area contributed by atoms with Crippen molar-refractivity contribution in [2.24, 2.45) is 11.7 Å². The van der Waals surface area contributed by atoms with Crippen LogP contribution in [0.2, 0.25) is 0 Å². The van der Waals surface area contributed by atoms with Crippen LogP contribution < -0.4 is 5.73 Å². The Bertz CT molecular complexity index is 680. The minimum atomic E-state index is 0.0915. The van der Waals surface area contributed by atoms with Crippen molar-refractivity contribution >= 4 is 17.2 Å². The molecule has 0 bridgehead atoms. The molecule has 0 saturated carbocycles. The highest BCUT2D eigenvalue weighted by Crippen LogP contribution is 2.26. The molecule has 2 aromatic rings. The molecule has 3 rings (SSSR count). The zero-order valence-electron chi connectivity index (χ0n) is 13.7. The van der Waals surface area contributed by atoms with E-state index in [1.807, 2.05) is 41.5 Å². The molecule has 1 aliphatic heterocycles. The summed E-state index contributed by atoms with van der Waals surface area (Å²) in [5.74, 6) is 0.559. The average molecular weight is 329 g/mol. The van der Waals surface area contributed by atoms with Crippen LogP contribution in [0.25, 0.3) is 10.6 Å². The largest absolute Gasteiger partial charge is 0.334 e. The van der Waals surface area contributed by atoms with Crippen molar-refractivity contribution in [1.82, 2.24) is 9.88 Å². The van der Waals surface area contributed by atoms with Gasteiger partial charge in [-0.15, -0.1) is 11.3 Å². The second-order valence-electron chi connectivity index (χ2n) is 6.29. The van der Waals surface area contributed by atoms with Gasteiger partial charge in [0.25, 0.3) is 5.91 Å². The van der Waals surface area contributed by atoms with Crippen LogP contribution in [-0.4, -0.2) is 34.9 Å². The van der Waals surface area contributed by atoms with E-state index < -0.39 is 0 Å². The van der Waals surface area contributed by atoms with Crippen molar-refractivity contribution in [2.75, 3.05) is 13.1 Å². The SMILES string of the molecule is Cc1csc(-c2ccc(C(=O)N3CCC[C@H](C)[C@H]3CN)cc2)n1. The number of amides is 1. The Morgan fingerprint density at radius 1 is 1.39 bits per heavy atom. The number of aromatic nitrogens is 1. The van der Waals surface area contributed by atoms with Crippen LogP contribution in [0.4, 0.5) is 0 Å². The first-order valence-electron chi connectivity index (χ1n) is 8.13. The van der Waals surface area contributed by atoms with Gasteiger partial charge in [-0.05, 0) is 37.8 Å². The van der Waals surface area contributed by atoms with Gasteiger partial charge in [0, 0.05) is 41.3 Å². The molecule has 2 atom stereocenters. The summed E-state index contributed by atoms with van der Waals surface area (Å²) in [7, 11) is 0. The first kappa shape index (κ1) is 16.1. The molecule has 0 unspecified atom stereocenters. The number of likely N-dealkylation sites (tertiary alicyclic amines) is 1. The number of piperidine rings is 1. The fraction of sp³-hybridized carbons (Fsp3) is 0.444. The molecule has 5 heteroatoms. The molecule has 0 spiro atoms. The van der Waals surface area contributed by atoms with Crippen molar-refractivity contribution < 1.29 is 4.79 Å². The number of carbonyl (C=O) groups excluding carboxylic acids is 1. The minimum absolute atomic E-state index is 0.0915. The van der Waals surface area contributed by atoms with Gasteiger partial charge in [-0.25, -0.2) is 4.98 Å². The highest BCUT2D eigenvalue weighted by molar-refractivity contribution is 7.13. The van der Waals surface area contributed by atoms with E-state index >= 15 is 0 Å². The molecule has 1 saturated heterocycles. The molecular formula is C18H23N3OS. The number of nitrogens with zero attached hydrogens (tertiary/aromatic N) is 2. The molecule has 0 aliphatic carbocycles. The van der Waals surface area contributed by atoms with Crippen LogP contribution in [0.3, 0.4) is 0 Å². The third-order valence-corrected chi connectivity index (χ3v) is 5.63. The lowest BCUT2D eigenvalue weighted by Crippen LogP contribution is -2.51. The van der Waals surface area contributed by atoms with E-state index in [1.54, 1.807) is 11.3 Å². The van der Waals surface area contributed by atoms with Crippen molar-refractivity contribution in [3.05, 3.63) is 40.9 Å². The van der Waals surface area contributed by atoms with Gasteiger partial charge in [0.1, 0.15) is 5.01 Å². The van der Waals surface area contributed by atoms with Crippen molar-refractivity contribution in [3.63, 3.8) is 0 Å². The number of hydrogen-bond donors (Lipinski definition) is 1. The van der Waals surface area contributed by atoms with Crippen molar-refractivity contribution in [1.29, 1.82) is 0 Å². The Hall–Kier alpha value is -1.72. The van der Waals surface area contributed by atoms with Crippen LogP contribution in [-0.2, 0) is 0 Å². The third-order valence-electron chi connectivity index (χ3n) is 4.62. The number of carbonyl (C=O) groups is 1. The topological polar surface area (TPSA) is 59.2 Å². The van der Waals surface area contributed by atoms with Crippen LogP contribution in [0.5, 0.6) is 0 Å². The number of rotatable bonds is 3. The first-order chi connectivity index (χ1) is 11.1. The Morgan fingerprint density at radius 3 is 2.74 bits per heavy atom. The van der Waals surface area contributed by atoms with Crippen LogP contribution in [0, 0.1) is 12.8 Å². The number of nitrogens with two attached hydrogens (primary N) is 1. The summed E-state index contributed by atoms with van der Waals surface area (Å²) in [5, 5.41) is 3.03. The highest BCUT2D eigenvalue weighted by atomic mass is 32.1. The summed E-state index contributed by atoms with van der Waals surface area (Å²) in [6.45, 7) is 5.51. The monoisotopic (exact) mass is 329 g/mol. The van der Waals surface area contributed by atoms with Gasteiger partial charge in [-0.1, -0.05) is 19.1 Å². The van der Waals surface area contributed by atoms with E-state index in [4.69, 9.17) is 5.73 Å². The predicted molar refractivity (Wildman–Crippen MR) is 94.6 cm³/mol. The first-order valence-corrected chi connectivity index (χ1v) is 9.01. The molecule has 1 fully saturated rings. The molecule has 4 nitrogen and oxygen atoms in total. The zero-order chi connectivity index (χ0) is 16.4. The van der Waals surface area contributed by atoms with Gasteiger partial charge in [0.2, 0.25) is 0 Å². The Balaban J connectivity index is 1.79. The fourth-order valence-corrected chi connectivity index (χ4v) is 4.07. The van der Waals surface area contributed by atoms with E-state index in [-0.39, 0.29) is 11.9 Å². The Labute approximate surface area is 141 Å². The highest BCUT2D eigenvalue weighted by Gasteiger charge is 2.31. The van der Waals surface area contributed by atoms with Gasteiger partial charge >= 0.3 is 0 Å². The Morgan fingerprint density at radius 2 is 2.13 bits per heavy atom. The average Bonchev–Trinajstić information content (AvgIpc) is 3.00. The van der Waals surface area contributed by atoms with E-state index in [2.05, 4.69) is 11.9 Å². The van der Waals surface area contributed by atoms with Crippen LogP contribution in [0.1, 0.15) is 35.8 Å². The number of benzene rings is 1. The Kier molecular flexibility index (Phi) is 4.78. The molecule has 0 radical (unpaired) electrons. The number of hydrogen-bond acceptors (Lipinski definition) is 4. The van der Waals surface area contributed by atoms with E-state index in [9.17, 15) is 4.79 Å². The van der Waals surface area contributed by atoms with Gasteiger partial charge in [0.05, 0.1) is 0 Å². The lowest BCUT2D eigenvalue weighted by atomic mass is 9.90. The molecule has 1 aromatic heterocycles. The maximum Gasteiger partial charge on any atom is 0.254 e. The van der Waals surface area contributed by atoms with Gasteiger partial charge in [-0.3, -0.25) is 4.79 Å². The van der Waals surface area contributed by atoms with Crippen molar-refractivity contribution in [2.45, 2.75) is 32.7 Å². The van der Waals surface area contributed by atoms with Gasteiger partial charge in [-0.2, -0.15) is 0 Å². The molecule has 122 valence electrons. The maximum atomic E-state index is 12.8. The summed E-state index contributed by atoms with van der Waals surface area (Å²) < 4.78 is 0. The lowest BCUT2D eigenvalue weighted by Gasteiger charge is -2.39. The molecule has 1 amide bonds. The second-order valence-corrected chi connectivity index (χ2v) is 7.15. The normalized spacial score (nSPS) is 21.4. The summed E-state index contributed by atoms with van der Waals surface area (Å²) in [6.07, 6.45) is 2.20. The fourth-order valence-electron chi connectivity index (χ4n) is 3.27. The molecule has 1 aromatic carbocycles. The van der Waals surface area contributed by atoms with Gasteiger partial charge in [0.15, 0.2) is 0 Å². The standard InChI is InChI=1S/C18H23N3OS/c1-12-4-3-9-21(16(12)10-19)18(22)15-7-5-14(6-8-15)17-20-13(2)11-23-17/h5-8,11-12,16H,3-4,9-10,19H2,1-2H3/t12-,16+/m0/s1. The second kappa shape index (κ2) is 6.81. The summed E-state index contributed by atoms with van der Waals surface area (Å²) in [4.78, 5) is 19.3. The molecule has 23 heavy (non-hydrogen) atoms. The van der Waals surface area contributed by atoms with E-state index in [0.717, 1.165) is 41.2 Å². The summed E-state index contributed by atoms with van der Waals surface area (Å²) in [6, 6.07) is 7.92. The predicted octanol–water partition coefficient (Wildman–Crippen LogP) is 3.32. The lowest BCUT2D eigenvalue weighted by molar-refractivity contribution is 0.0532. The summed E-state index contributed by atoms with van der Waals surface area (Å²) >= 11 is 1.63. The minimum Gasteiger partial charge on any atom is -0.334 e. The van der Waals surface area contributed by atoms with E-state index in [1.165, 1.54) is 0 Å². The number of aryl methyl sites for hydroxylation is 1. The molecule has 2 N–H and O–H groups in total.